The van der Waals surface area contributed by atoms with E-state index in [9.17, 15) is 54.0 Å². The van der Waals surface area contributed by atoms with Crippen LogP contribution in [0.3, 0.4) is 0 Å². The molecule has 0 bridgehead atoms. The van der Waals surface area contributed by atoms with Crippen molar-refractivity contribution < 1.29 is 63.5 Å². The monoisotopic (exact) mass is 1420 g/mol. The van der Waals surface area contributed by atoms with Gasteiger partial charge in [-0.3, -0.25) is 44.0 Å². The van der Waals surface area contributed by atoms with Crippen LogP contribution in [0.5, 0.6) is 0 Å². The summed E-state index contributed by atoms with van der Waals surface area (Å²) in [6.07, 6.45) is 3.52. The number of piperidine rings is 1. The molecule has 5 aromatic carbocycles. The molecule has 3 fully saturated rings. The molecule has 96 heavy (non-hydrogen) atoms. The summed E-state index contributed by atoms with van der Waals surface area (Å²) in [5, 5.41) is 12.8. The number of imide groups is 2. The largest absolute Gasteiger partial charge is 0.501 e. The van der Waals surface area contributed by atoms with Crippen molar-refractivity contribution in [1.82, 2.24) is 35.0 Å². The Morgan fingerprint density at radius 3 is 2.16 bits per heavy atom. The van der Waals surface area contributed by atoms with Crippen LogP contribution >= 0.6 is 35.6 Å². The van der Waals surface area contributed by atoms with Crippen molar-refractivity contribution >= 4 is 113 Å². The van der Waals surface area contributed by atoms with E-state index in [4.69, 9.17) is 33.3 Å². The van der Waals surface area contributed by atoms with E-state index in [1.807, 2.05) is 52.1 Å². The molecule has 0 spiro atoms. The zero-order valence-electron chi connectivity index (χ0n) is 53.3. The lowest BCUT2D eigenvalue weighted by atomic mass is 9.73. The maximum absolute atomic E-state index is 14.5. The highest BCUT2D eigenvalue weighted by Crippen LogP contribution is 2.43. The number of sulfone groups is 1. The van der Waals surface area contributed by atoms with Crippen molar-refractivity contribution in [1.29, 1.82) is 0 Å². The van der Waals surface area contributed by atoms with Crippen LogP contribution in [0, 0.1) is 5.41 Å². The third-order valence-electron chi connectivity index (χ3n) is 17.7. The van der Waals surface area contributed by atoms with Crippen molar-refractivity contribution in [3.63, 3.8) is 0 Å². The summed E-state index contributed by atoms with van der Waals surface area (Å²) < 4.78 is 111. The molecule has 5 N–H and O–H groups in total. The lowest BCUT2D eigenvalue weighted by Crippen LogP contribution is -2.54. The number of rotatable bonds is 27. The summed E-state index contributed by atoms with van der Waals surface area (Å²) in [5.41, 5.74) is -0.518. The molecule has 0 saturated carbocycles. The van der Waals surface area contributed by atoms with Gasteiger partial charge in [0.1, 0.15) is 10.9 Å². The number of carbonyl (C=O) groups excluding carboxylic acids is 5. The van der Waals surface area contributed by atoms with E-state index in [0.717, 1.165) is 66.5 Å². The second-order valence-corrected chi connectivity index (χ2v) is 30.4. The van der Waals surface area contributed by atoms with Gasteiger partial charge in [-0.2, -0.15) is 13.2 Å². The van der Waals surface area contributed by atoms with Gasteiger partial charge in [-0.15, -0.1) is 11.8 Å². The number of anilines is 3. The first-order chi connectivity index (χ1) is 45.8. The van der Waals surface area contributed by atoms with Crippen molar-refractivity contribution in [2.24, 2.45) is 5.41 Å². The first kappa shape index (κ1) is 71.6. The fraction of sp³-hybridized carbons (Fsp3) is 0.433. The highest BCUT2D eigenvalue weighted by Gasteiger charge is 2.49. The smallest absolute Gasteiger partial charge is 0.382 e. The van der Waals surface area contributed by atoms with E-state index in [1.165, 1.54) is 46.7 Å². The van der Waals surface area contributed by atoms with Gasteiger partial charge in [0.2, 0.25) is 11.8 Å². The minimum Gasteiger partial charge on any atom is -0.382 e. The first-order valence-electron chi connectivity index (χ1n) is 31.8. The molecule has 0 unspecified atom stereocenters. The number of halogens is 4. The van der Waals surface area contributed by atoms with Gasteiger partial charge in [0.15, 0.2) is 5.11 Å². The van der Waals surface area contributed by atoms with E-state index in [-0.39, 0.29) is 54.8 Å². The van der Waals surface area contributed by atoms with Crippen LogP contribution in [0.4, 0.5) is 30.2 Å². The lowest BCUT2D eigenvalue weighted by Gasteiger charge is -2.39. The Balaban J connectivity index is 0.675. The number of nitrogens with one attached hydrogen (secondary N) is 5. The van der Waals surface area contributed by atoms with Crippen LogP contribution in [0.25, 0.3) is 5.57 Å². The van der Waals surface area contributed by atoms with E-state index >= 15 is 0 Å². The molecule has 10 rings (SSSR count). The van der Waals surface area contributed by atoms with Gasteiger partial charge < -0.3 is 35.2 Å². The number of thioether (sulfide) groups is 1. The predicted octanol–water partition coefficient (Wildman–Crippen LogP) is 8.54. The zero-order valence-corrected chi connectivity index (χ0v) is 57.3. The number of hydrogen-bond donors (Lipinski definition) is 5. The number of fused-ring (bicyclic) bond motifs is 1. The summed E-state index contributed by atoms with van der Waals surface area (Å²) in [6.45, 7) is 13.1. The number of piperazine rings is 2. The Kier molecular flexibility index (Phi) is 23.6. The predicted molar refractivity (Wildman–Crippen MR) is 366 cm³/mol. The van der Waals surface area contributed by atoms with Crippen molar-refractivity contribution in [3.8, 4) is 0 Å². The van der Waals surface area contributed by atoms with E-state index < -0.39 is 82.5 Å². The van der Waals surface area contributed by atoms with Crippen LogP contribution < -0.4 is 30.9 Å². The number of alkyl halides is 3. The number of ether oxygens (including phenoxy) is 2. The molecule has 5 aromatic rings. The minimum atomic E-state index is -6.15. The molecular weight excluding hydrogens is 1340 g/mol. The summed E-state index contributed by atoms with van der Waals surface area (Å²) in [7, 11) is -11.1. The number of benzene rings is 5. The molecule has 514 valence electrons. The first-order valence-corrected chi connectivity index (χ1v) is 36.6. The Morgan fingerprint density at radius 2 is 1.47 bits per heavy atom. The number of amides is 5. The van der Waals surface area contributed by atoms with Crippen molar-refractivity contribution in [3.05, 3.63) is 148 Å². The van der Waals surface area contributed by atoms with Crippen LogP contribution in [-0.4, -0.2) is 199 Å². The average Bonchev–Trinajstić information content (AvgIpc) is 1.64. The standard InChI is InChI=1S/C67H78ClF3N10O11S4/c1-66(2)25-23-53(45-11-15-48(68)16-12-45)47(42-66)43-78-31-33-79(34-32-78)50-17-13-46(14-18-50)61(83)76-96(89,90)52-19-20-55(58(41-52)95(87,88)67(69,70)71)74-49(44-94-51-7-4-3-5-8-51)24-28-77-29-35-80(36-30-77)65(93)73-27-38-92-40-39-91-37-26-72-56-10-6-9-54-60(56)64(86)81(63(54)85)57-21-22-59(82)75-62(57)84/h3-20,41,49,57,72,74H,21-40,42-44H2,1-2H3,(H,73,93)(H,76,83)(H,75,82,84)/t49-,57-/m1/s1. The summed E-state index contributed by atoms with van der Waals surface area (Å²) in [6, 6.07) is 29.2. The van der Waals surface area contributed by atoms with Gasteiger partial charge >= 0.3 is 5.51 Å². The van der Waals surface area contributed by atoms with E-state index in [0.29, 0.717) is 99.6 Å². The van der Waals surface area contributed by atoms with Crippen molar-refractivity contribution in [2.45, 2.75) is 84.7 Å². The topological polar surface area (TPSA) is 248 Å². The third-order valence-corrected chi connectivity index (χ3v) is 22.3. The molecular formula is C67H78ClF3N10O11S4. The normalized spacial score (nSPS) is 18.5. The number of thiocarbonyl (C=S) groups is 1. The van der Waals surface area contributed by atoms with Crippen LogP contribution in [0.1, 0.15) is 89.0 Å². The summed E-state index contributed by atoms with van der Waals surface area (Å²) >= 11 is 13.3. The molecule has 0 radical (unpaired) electrons. The molecule has 1 aliphatic carbocycles. The van der Waals surface area contributed by atoms with Gasteiger partial charge in [0, 0.05) is 124 Å². The van der Waals surface area contributed by atoms with Gasteiger partial charge in [-0.1, -0.05) is 67.4 Å². The quantitative estimate of drug-likeness (QED) is 0.0143. The second kappa shape index (κ2) is 31.6. The van der Waals surface area contributed by atoms with Gasteiger partial charge in [-0.05, 0) is 140 Å². The van der Waals surface area contributed by atoms with Crippen LogP contribution in [0.15, 0.2) is 136 Å². The molecule has 0 aromatic heterocycles. The Morgan fingerprint density at radius 1 is 0.781 bits per heavy atom. The molecule has 3 saturated heterocycles. The third kappa shape index (κ3) is 17.9. The maximum atomic E-state index is 14.5. The molecule has 5 amide bonds. The molecule has 21 nitrogen and oxygen atoms in total. The van der Waals surface area contributed by atoms with Crippen LogP contribution in [0.2, 0.25) is 5.02 Å². The van der Waals surface area contributed by atoms with Gasteiger partial charge in [0.05, 0.1) is 48.1 Å². The number of carbonyl (C=O) groups is 5. The number of allylic oxidation sites excluding steroid dienone is 1. The molecule has 4 aliphatic heterocycles. The highest BCUT2D eigenvalue weighted by molar-refractivity contribution is 7.99. The Bertz CT molecular complexity index is 3930. The van der Waals surface area contributed by atoms with Crippen LogP contribution in [-0.2, 0) is 38.9 Å². The van der Waals surface area contributed by atoms with E-state index in [1.54, 1.807) is 24.3 Å². The zero-order chi connectivity index (χ0) is 68.4. The van der Waals surface area contributed by atoms with Crippen molar-refractivity contribution in [2.75, 3.05) is 126 Å². The molecule has 2 atom stereocenters. The number of sulfonamides is 1. The lowest BCUT2D eigenvalue weighted by molar-refractivity contribution is -0.136. The van der Waals surface area contributed by atoms with E-state index in [2.05, 4.69) is 61.9 Å². The summed E-state index contributed by atoms with van der Waals surface area (Å²) in [4.78, 5) is 72.6. The SMILES string of the molecule is CC1(C)CCC(c2ccc(Cl)cc2)=C(CN2CCN(c3ccc(C(=O)NS(=O)(=O)c4ccc(N[C@H](CCN5CCN(C(=S)NCCOCCOCCNc6cccc7c6C(=O)N([C@@H]6CCC(=O)NC6=O)C7=O)CC5)CSc5ccccc5)c(S(=O)(=O)C(F)(F)F)c4)cc3)CC2)C1. The molecule has 4 heterocycles. The van der Waals surface area contributed by atoms with Gasteiger partial charge in [0.25, 0.3) is 37.6 Å². The molecule has 29 heteroatoms. The highest BCUT2D eigenvalue weighted by atomic mass is 35.5. The number of nitrogens with zero attached hydrogens (tertiary/aromatic N) is 5. The fourth-order valence-electron chi connectivity index (χ4n) is 12.4. The Labute approximate surface area is 572 Å². The number of hydrogen-bond acceptors (Lipinski definition) is 18. The Hall–Kier alpha value is -7.15. The average molecular weight is 1420 g/mol. The maximum Gasteiger partial charge on any atom is 0.501 e. The second-order valence-electron chi connectivity index (χ2n) is 24.9. The summed E-state index contributed by atoms with van der Waals surface area (Å²) in [5.74, 6) is -3.10. The van der Waals surface area contributed by atoms with Gasteiger partial charge in [-0.25, -0.2) is 21.6 Å². The fourth-order valence-corrected chi connectivity index (χ4v) is 15.9. The minimum absolute atomic E-state index is 0.0209. The molecule has 5 aliphatic rings.